The Morgan fingerprint density at radius 1 is 1.64 bits per heavy atom. The number of amidine groups is 1. The molecule has 0 aromatic heterocycles. The summed E-state index contributed by atoms with van der Waals surface area (Å²) < 4.78 is 0. The van der Waals surface area contributed by atoms with Crippen LogP contribution in [0.15, 0.2) is 17.6 Å². The van der Waals surface area contributed by atoms with Crippen LogP contribution in [0.1, 0.15) is 6.42 Å². The molecule has 0 atom stereocenters. The summed E-state index contributed by atoms with van der Waals surface area (Å²) in [4.78, 5) is 6.19. The molecule has 0 rings (SSSR count). The number of nitrogens with two attached hydrogens (primary N) is 1. The fourth-order valence-electron chi connectivity index (χ4n) is 0.660. The van der Waals surface area contributed by atoms with Crippen LogP contribution in [0.25, 0.3) is 0 Å². The van der Waals surface area contributed by atoms with Gasteiger partial charge in [0.2, 0.25) is 0 Å². The molecule has 0 aliphatic carbocycles. The van der Waals surface area contributed by atoms with Gasteiger partial charge in [-0.15, -0.1) is 0 Å². The van der Waals surface area contributed by atoms with Gasteiger partial charge in [0.05, 0.1) is 0 Å². The lowest BCUT2D eigenvalue weighted by atomic mass is 10.4. The van der Waals surface area contributed by atoms with E-state index in [-0.39, 0.29) is 0 Å². The van der Waals surface area contributed by atoms with Crippen molar-refractivity contribution < 1.29 is 0 Å². The van der Waals surface area contributed by atoms with Gasteiger partial charge in [-0.25, -0.2) is 0 Å². The molecule has 0 fully saturated rings. The minimum Gasteiger partial charge on any atom is -0.384 e. The highest BCUT2D eigenvalue weighted by Gasteiger charge is 1.88. The molecule has 0 aliphatic heterocycles. The summed E-state index contributed by atoms with van der Waals surface area (Å²) >= 11 is 0. The third-order valence-electron chi connectivity index (χ3n) is 1.27. The second-order valence-corrected chi connectivity index (χ2v) is 2.67. The zero-order valence-corrected chi connectivity index (χ0v) is 7.38. The summed E-state index contributed by atoms with van der Waals surface area (Å²) in [5.41, 5.74) is 5.41. The van der Waals surface area contributed by atoms with E-state index in [1.807, 2.05) is 14.1 Å². The normalized spacial score (nSPS) is 12.1. The number of hydrogen-bond donors (Lipinski definition) is 1. The van der Waals surface area contributed by atoms with Gasteiger partial charge in [-0.2, -0.15) is 0 Å². The Morgan fingerprint density at radius 2 is 2.27 bits per heavy atom. The number of aliphatic imine (C=N–C) groups is 1. The van der Waals surface area contributed by atoms with Gasteiger partial charge in [-0.1, -0.05) is 6.58 Å². The van der Waals surface area contributed by atoms with Crippen molar-refractivity contribution in [2.24, 2.45) is 10.7 Å². The van der Waals surface area contributed by atoms with Crippen molar-refractivity contribution >= 4 is 5.84 Å². The van der Waals surface area contributed by atoms with Crippen LogP contribution in [0, 0.1) is 0 Å². The SMILES string of the molecule is C=CC(N)=NCCCN(C)C. The zero-order valence-electron chi connectivity index (χ0n) is 7.38. The topological polar surface area (TPSA) is 41.6 Å². The number of rotatable bonds is 5. The highest BCUT2D eigenvalue weighted by Crippen LogP contribution is 1.84. The van der Waals surface area contributed by atoms with Gasteiger partial charge in [-0.05, 0) is 33.1 Å². The molecule has 0 unspecified atom stereocenters. The van der Waals surface area contributed by atoms with Gasteiger partial charge in [0.25, 0.3) is 0 Å². The molecule has 2 N–H and O–H groups in total. The fraction of sp³-hybridized carbons (Fsp3) is 0.625. The summed E-state index contributed by atoms with van der Waals surface area (Å²) in [7, 11) is 4.08. The summed E-state index contributed by atoms with van der Waals surface area (Å²) in [5, 5.41) is 0. The highest BCUT2D eigenvalue weighted by molar-refractivity contribution is 5.90. The van der Waals surface area contributed by atoms with Crippen LogP contribution in [0.5, 0.6) is 0 Å². The molecule has 0 amide bonds. The molecule has 3 heteroatoms. The van der Waals surface area contributed by atoms with E-state index in [1.165, 1.54) is 0 Å². The maximum absolute atomic E-state index is 5.41. The molecular formula is C8H17N3. The van der Waals surface area contributed by atoms with Crippen LogP contribution >= 0.6 is 0 Å². The van der Waals surface area contributed by atoms with Crippen molar-refractivity contribution in [3.05, 3.63) is 12.7 Å². The molecule has 0 aliphatic rings. The van der Waals surface area contributed by atoms with Gasteiger partial charge in [0, 0.05) is 6.54 Å². The first-order chi connectivity index (χ1) is 5.16. The van der Waals surface area contributed by atoms with E-state index in [2.05, 4.69) is 16.5 Å². The number of nitrogens with zero attached hydrogens (tertiary/aromatic N) is 2. The van der Waals surface area contributed by atoms with Gasteiger partial charge in [-0.3, -0.25) is 4.99 Å². The van der Waals surface area contributed by atoms with Crippen LogP contribution in [-0.4, -0.2) is 37.9 Å². The van der Waals surface area contributed by atoms with E-state index in [9.17, 15) is 0 Å². The quantitative estimate of drug-likeness (QED) is 0.356. The summed E-state index contributed by atoms with van der Waals surface area (Å²) in [5.74, 6) is 0.531. The van der Waals surface area contributed by atoms with Crippen molar-refractivity contribution in [3.8, 4) is 0 Å². The molecule has 0 saturated carbocycles. The minimum atomic E-state index is 0.531. The molecule has 0 spiro atoms. The monoisotopic (exact) mass is 155 g/mol. The van der Waals surface area contributed by atoms with E-state index in [0.717, 1.165) is 19.5 Å². The molecule has 0 aromatic rings. The summed E-state index contributed by atoms with van der Waals surface area (Å²) in [6, 6.07) is 0. The molecule has 0 bridgehead atoms. The van der Waals surface area contributed by atoms with Crippen molar-refractivity contribution in [2.45, 2.75) is 6.42 Å². The molecule has 0 radical (unpaired) electrons. The molecule has 0 aromatic carbocycles. The molecular weight excluding hydrogens is 138 g/mol. The first kappa shape index (κ1) is 10.2. The fourth-order valence-corrected chi connectivity index (χ4v) is 0.660. The first-order valence-corrected chi connectivity index (χ1v) is 3.74. The zero-order chi connectivity index (χ0) is 8.69. The maximum Gasteiger partial charge on any atom is 0.117 e. The molecule has 11 heavy (non-hydrogen) atoms. The van der Waals surface area contributed by atoms with E-state index in [1.54, 1.807) is 6.08 Å². The van der Waals surface area contributed by atoms with Crippen LogP contribution in [-0.2, 0) is 0 Å². The summed E-state index contributed by atoms with van der Waals surface area (Å²) in [6.07, 6.45) is 2.61. The Morgan fingerprint density at radius 3 is 2.73 bits per heavy atom. The standard InChI is InChI=1S/C8H17N3/c1-4-8(9)10-6-5-7-11(2)3/h4H,1,5-7H2,2-3H3,(H2,9,10). The van der Waals surface area contributed by atoms with Gasteiger partial charge in [0.1, 0.15) is 5.84 Å². The van der Waals surface area contributed by atoms with Crippen molar-refractivity contribution in [3.63, 3.8) is 0 Å². The van der Waals surface area contributed by atoms with E-state index >= 15 is 0 Å². The van der Waals surface area contributed by atoms with Crippen LogP contribution in [0.2, 0.25) is 0 Å². The predicted octanol–water partition coefficient (Wildman–Crippen LogP) is 0.481. The smallest absolute Gasteiger partial charge is 0.117 e. The summed E-state index contributed by atoms with van der Waals surface area (Å²) in [6.45, 7) is 5.35. The third-order valence-corrected chi connectivity index (χ3v) is 1.27. The largest absolute Gasteiger partial charge is 0.384 e. The van der Waals surface area contributed by atoms with Gasteiger partial charge in [0.15, 0.2) is 0 Å². The first-order valence-electron chi connectivity index (χ1n) is 3.74. The predicted molar refractivity (Wildman–Crippen MR) is 49.9 cm³/mol. The average Bonchev–Trinajstić information content (AvgIpc) is 1.97. The lowest BCUT2D eigenvalue weighted by Gasteiger charge is -2.06. The van der Waals surface area contributed by atoms with Crippen LogP contribution in [0.4, 0.5) is 0 Å². The van der Waals surface area contributed by atoms with Crippen molar-refractivity contribution in [1.29, 1.82) is 0 Å². The van der Waals surface area contributed by atoms with E-state index in [0.29, 0.717) is 5.84 Å². The Hall–Kier alpha value is -0.830. The average molecular weight is 155 g/mol. The van der Waals surface area contributed by atoms with Crippen LogP contribution < -0.4 is 5.73 Å². The lowest BCUT2D eigenvalue weighted by Crippen LogP contribution is -2.15. The lowest BCUT2D eigenvalue weighted by molar-refractivity contribution is 0.403. The van der Waals surface area contributed by atoms with Gasteiger partial charge < -0.3 is 10.6 Å². The maximum atomic E-state index is 5.41. The Kier molecular flexibility index (Phi) is 5.47. The molecule has 3 nitrogen and oxygen atoms in total. The second-order valence-electron chi connectivity index (χ2n) is 2.67. The molecule has 0 heterocycles. The van der Waals surface area contributed by atoms with E-state index in [4.69, 9.17) is 5.73 Å². The Labute approximate surface area is 68.6 Å². The molecule has 0 saturated heterocycles. The highest BCUT2D eigenvalue weighted by atomic mass is 15.0. The second kappa shape index (κ2) is 5.92. The Balaban J connectivity index is 3.33. The van der Waals surface area contributed by atoms with Crippen molar-refractivity contribution in [1.82, 2.24) is 4.90 Å². The van der Waals surface area contributed by atoms with Gasteiger partial charge >= 0.3 is 0 Å². The third kappa shape index (κ3) is 7.06. The van der Waals surface area contributed by atoms with Crippen molar-refractivity contribution in [2.75, 3.05) is 27.2 Å². The number of hydrogen-bond acceptors (Lipinski definition) is 2. The molecule has 64 valence electrons. The van der Waals surface area contributed by atoms with E-state index < -0.39 is 0 Å². The minimum absolute atomic E-state index is 0.531. The van der Waals surface area contributed by atoms with Crippen LogP contribution in [0.3, 0.4) is 0 Å². The Bertz CT molecular complexity index is 138.